The van der Waals surface area contributed by atoms with E-state index in [0.29, 0.717) is 4.47 Å². The van der Waals surface area contributed by atoms with Crippen molar-refractivity contribution in [2.75, 3.05) is 20.3 Å². The SMILES string of the molecule is COCC(O)CNS(=O)(=O)c1ccccc1Br. The van der Waals surface area contributed by atoms with Crippen LogP contribution in [0.5, 0.6) is 0 Å². The van der Waals surface area contributed by atoms with Crippen LogP contribution in [-0.2, 0) is 14.8 Å². The Morgan fingerprint density at radius 2 is 2.12 bits per heavy atom. The second-order valence-corrected chi connectivity index (χ2v) is 5.98. The van der Waals surface area contributed by atoms with Crippen molar-refractivity contribution in [1.29, 1.82) is 0 Å². The second-order valence-electron chi connectivity index (χ2n) is 3.39. The van der Waals surface area contributed by atoms with Crippen molar-refractivity contribution in [2.45, 2.75) is 11.0 Å². The van der Waals surface area contributed by atoms with Gasteiger partial charge in [0.15, 0.2) is 0 Å². The predicted molar refractivity (Wildman–Crippen MR) is 67.2 cm³/mol. The molecule has 1 unspecified atom stereocenters. The third kappa shape index (κ3) is 4.36. The van der Waals surface area contributed by atoms with Crippen LogP contribution in [0.1, 0.15) is 0 Å². The van der Waals surface area contributed by atoms with E-state index in [2.05, 4.69) is 20.7 Å². The summed E-state index contributed by atoms with van der Waals surface area (Å²) in [5.74, 6) is 0. The quantitative estimate of drug-likeness (QED) is 0.809. The summed E-state index contributed by atoms with van der Waals surface area (Å²) < 4.78 is 31.2. The molecule has 1 aromatic carbocycles. The van der Waals surface area contributed by atoms with Crippen molar-refractivity contribution in [2.24, 2.45) is 0 Å². The van der Waals surface area contributed by atoms with E-state index in [1.807, 2.05) is 0 Å². The van der Waals surface area contributed by atoms with Gasteiger partial charge in [-0.2, -0.15) is 0 Å². The molecule has 96 valence electrons. The largest absolute Gasteiger partial charge is 0.389 e. The second kappa shape index (κ2) is 6.46. The Bertz CT molecular complexity index is 463. The minimum Gasteiger partial charge on any atom is -0.389 e. The molecule has 17 heavy (non-hydrogen) atoms. The Labute approximate surface area is 109 Å². The van der Waals surface area contributed by atoms with Gasteiger partial charge in [0.2, 0.25) is 10.0 Å². The van der Waals surface area contributed by atoms with Crippen LogP contribution in [-0.4, -0.2) is 39.9 Å². The number of nitrogens with one attached hydrogen (secondary N) is 1. The van der Waals surface area contributed by atoms with Crippen molar-refractivity contribution in [3.05, 3.63) is 28.7 Å². The van der Waals surface area contributed by atoms with Crippen molar-refractivity contribution >= 4 is 26.0 Å². The molecule has 0 aliphatic rings. The molecule has 1 rings (SSSR count). The lowest BCUT2D eigenvalue weighted by Crippen LogP contribution is -2.34. The van der Waals surface area contributed by atoms with Gasteiger partial charge in [-0.1, -0.05) is 12.1 Å². The first-order valence-electron chi connectivity index (χ1n) is 4.88. The lowest BCUT2D eigenvalue weighted by molar-refractivity contribution is 0.0679. The van der Waals surface area contributed by atoms with Crippen LogP contribution in [0.25, 0.3) is 0 Å². The maximum Gasteiger partial charge on any atom is 0.241 e. The van der Waals surface area contributed by atoms with Crippen molar-refractivity contribution < 1.29 is 18.3 Å². The van der Waals surface area contributed by atoms with Gasteiger partial charge >= 0.3 is 0 Å². The zero-order valence-electron chi connectivity index (χ0n) is 9.26. The Balaban J connectivity index is 2.73. The summed E-state index contributed by atoms with van der Waals surface area (Å²) >= 11 is 3.16. The standard InChI is InChI=1S/C10H14BrNO4S/c1-16-7-8(13)6-12-17(14,15)10-5-3-2-4-9(10)11/h2-5,8,12-13H,6-7H2,1H3. The number of hydrogen-bond acceptors (Lipinski definition) is 4. The van der Waals surface area contributed by atoms with Crippen LogP contribution in [0, 0.1) is 0 Å². The van der Waals surface area contributed by atoms with Gasteiger partial charge in [0.25, 0.3) is 0 Å². The topological polar surface area (TPSA) is 75.6 Å². The van der Waals surface area contributed by atoms with Gasteiger partial charge in [-0.15, -0.1) is 0 Å². The molecule has 7 heteroatoms. The molecule has 0 aromatic heterocycles. The van der Waals surface area contributed by atoms with Crippen molar-refractivity contribution in [1.82, 2.24) is 4.72 Å². The van der Waals surface area contributed by atoms with Crippen molar-refractivity contribution in [3.8, 4) is 0 Å². The summed E-state index contributed by atoms with van der Waals surface area (Å²) in [5, 5.41) is 9.37. The molecule has 0 aliphatic carbocycles. The molecule has 5 nitrogen and oxygen atoms in total. The van der Waals surface area contributed by atoms with Gasteiger partial charge in [-0.05, 0) is 28.1 Å². The number of rotatable bonds is 6. The van der Waals surface area contributed by atoms with Crippen molar-refractivity contribution in [3.63, 3.8) is 0 Å². The normalized spacial score (nSPS) is 13.6. The zero-order valence-corrected chi connectivity index (χ0v) is 11.7. The Kier molecular flexibility index (Phi) is 5.54. The van der Waals surface area contributed by atoms with Gasteiger partial charge < -0.3 is 9.84 Å². The van der Waals surface area contributed by atoms with Gasteiger partial charge in [0.05, 0.1) is 17.6 Å². The molecule has 0 fully saturated rings. The maximum absolute atomic E-state index is 11.9. The summed E-state index contributed by atoms with van der Waals surface area (Å²) in [6, 6.07) is 6.48. The molecule has 2 N–H and O–H groups in total. The fourth-order valence-corrected chi connectivity index (χ4v) is 3.27. The van der Waals surface area contributed by atoms with E-state index < -0.39 is 16.1 Å². The smallest absolute Gasteiger partial charge is 0.241 e. The van der Waals surface area contributed by atoms with Crippen LogP contribution in [0.15, 0.2) is 33.6 Å². The van der Waals surface area contributed by atoms with Crippen LogP contribution >= 0.6 is 15.9 Å². The van der Waals surface area contributed by atoms with Crippen LogP contribution < -0.4 is 4.72 Å². The number of halogens is 1. The Morgan fingerprint density at radius 1 is 1.47 bits per heavy atom. The van der Waals surface area contributed by atoms with E-state index >= 15 is 0 Å². The fourth-order valence-electron chi connectivity index (χ4n) is 1.20. The summed E-state index contributed by atoms with van der Waals surface area (Å²) in [5.41, 5.74) is 0. The number of ether oxygens (including phenoxy) is 1. The van der Waals surface area contributed by atoms with Crippen LogP contribution in [0.3, 0.4) is 0 Å². The van der Waals surface area contributed by atoms with Gasteiger partial charge in [0.1, 0.15) is 0 Å². The predicted octanol–water partition coefficient (Wildman–Crippen LogP) is 0.735. The van der Waals surface area contributed by atoms with E-state index in [0.717, 1.165) is 0 Å². The molecule has 0 aliphatic heterocycles. The lowest BCUT2D eigenvalue weighted by Gasteiger charge is -2.12. The highest BCUT2D eigenvalue weighted by Crippen LogP contribution is 2.20. The molecule has 0 saturated carbocycles. The zero-order chi connectivity index (χ0) is 12.9. The van der Waals surface area contributed by atoms with E-state index in [-0.39, 0.29) is 18.0 Å². The molecular weight excluding hydrogens is 310 g/mol. The number of methoxy groups -OCH3 is 1. The fraction of sp³-hybridized carbons (Fsp3) is 0.400. The van der Waals surface area contributed by atoms with Crippen LogP contribution in [0.2, 0.25) is 0 Å². The molecule has 0 amide bonds. The molecule has 0 heterocycles. The molecule has 1 atom stereocenters. The Hall–Kier alpha value is -0.470. The average Bonchev–Trinajstić information content (AvgIpc) is 2.27. The summed E-state index contributed by atoms with van der Waals surface area (Å²) in [6.07, 6.45) is -0.864. The first kappa shape index (κ1) is 14.6. The monoisotopic (exact) mass is 323 g/mol. The third-order valence-corrected chi connectivity index (χ3v) is 4.43. The third-order valence-electron chi connectivity index (χ3n) is 1.99. The molecule has 0 radical (unpaired) electrons. The van der Waals surface area contributed by atoms with E-state index in [1.54, 1.807) is 18.2 Å². The number of hydrogen-bond donors (Lipinski definition) is 2. The van der Waals surface area contributed by atoms with Gasteiger partial charge in [-0.3, -0.25) is 0 Å². The number of aliphatic hydroxyl groups excluding tert-OH is 1. The first-order valence-corrected chi connectivity index (χ1v) is 7.16. The molecule has 0 saturated heterocycles. The minimum absolute atomic E-state index is 0.0818. The Morgan fingerprint density at radius 3 is 2.71 bits per heavy atom. The van der Waals surface area contributed by atoms with E-state index in [4.69, 9.17) is 4.74 Å². The molecule has 1 aromatic rings. The molecule has 0 bridgehead atoms. The number of sulfonamides is 1. The average molecular weight is 324 g/mol. The number of aliphatic hydroxyl groups is 1. The number of benzene rings is 1. The van der Waals surface area contributed by atoms with Crippen LogP contribution in [0.4, 0.5) is 0 Å². The maximum atomic E-state index is 11.9. The highest BCUT2D eigenvalue weighted by molar-refractivity contribution is 9.10. The minimum atomic E-state index is -3.62. The lowest BCUT2D eigenvalue weighted by atomic mass is 10.4. The molecule has 0 spiro atoms. The summed E-state index contributed by atoms with van der Waals surface area (Å²) in [7, 11) is -2.18. The van der Waals surface area contributed by atoms with Gasteiger partial charge in [-0.25, -0.2) is 13.1 Å². The van der Waals surface area contributed by atoms with Gasteiger partial charge in [0, 0.05) is 18.1 Å². The highest BCUT2D eigenvalue weighted by Gasteiger charge is 2.18. The first-order chi connectivity index (χ1) is 7.97. The summed E-state index contributed by atoms with van der Waals surface area (Å²) in [6.45, 7) is -0.00398. The highest BCUT2D eigenvalue weighted by atomic mass is 79.9. The summed E-state index contributed by atoms with van der Waals surface area (Å²) in [4.78, 5) is 0.143. The van der Waals surface area contributed by atoms with E-state index in [1.165, 1.54) is 13.2 Å². The van der Waals surface area contributed by atoms with E-state index in [9.17, 15) is 13.5 Å². The molecular formula is C10H14BrNO4S.